The van der Waals surface area contributed by atoms with Crippen LogP contribution in [0.3, 0.4) is 0 Å². The zero-order chi connectivity index (χ0) is 20.5. The molecule has 3 aromatic rings. The molecule has 1 saturated carbocycles. The second kappa shape index (κ2) is 7.62. The van der Waals surface area contributed by atoms with Crippen LogP contribution in [0.4, 0.5) is 4.39 Å². The van der Waals surface area contributed by atoms with Gasteiger partial charge in [-0.15, -0.1) is 0 Å². The predicted molar refractivity (Wildman–Crippen MR) is 103 cm³/mol. The minimum atomic E-state index is -0.502. The van der Waals surface area contributed by atoms with E-state index in [-0.39, 0.29) is 17.3 Å². The van der Waals surface area contributed by atoms with Crippen LogP contribution in [0.25, 0.3) is 0 Å². The van der Waals surface area contributed by atoms with E-state index in [1.165, 1.54) is 18.2 Å². The second-order valence-corrected chi connectivity index (χ2v) is 7.38. The number of rotatable bonds is 6. The molecule has 1 aromatic carbocycles. The Morgan fingerprint density at radius 1 is 1.31 bits per heavy atom. The largest absolute Gasteiger partial charge is 0.361 e. The quantitative estimate of drug-likeness (QED) is 0.667. The standard InChI is InChI=1S/C21H21FN4O3/c1-11-19(12(2)29-26-11)21(28)24-17(13-5-7-15(22)8-6-13)9-16-10-18(27)25-20(23-16)14-3-4-14/h5-8,10,14,17H,3-4,9H2,1-2H3,(H,24,28)(H,23,25,27)/t17-/m0/s1. The third kappa shape index (κ3) is 4.26. The molecule has 0 unspecified atom stereocenters. The maximum Gasteiger partial charge on any atom is 0.257 e. The normalized spacial score (nSPS) is 14.6. The van der Waals surface area contributed by atoms with Gasteiger partial charge in [0, 0.05) is 18.4 Å². The fourth-order valence-corrected chi connectivity index (χ4v) is 3.38. The molecule has 4 rings (SSSR count). The molecule has 7 nitrogen and oxygen atoms in total. The first-order valence-corrected chi connectivity index (χ1v) is 9.50. The van der Waals surface area contributed by atoms with Crippen molar-refractivity contribution >= 4 is 5.91 Å². The van der Waals surface area contributed by atoms with E-state index >= 15 is 0 Å². The van der Waals surface area contributed by atoms with E-state index in [0.29, 0.717) is 46.4 Å². The smallest absolute Gasteiger partial charge is 0.257 e. The van der Waals surface area contributed by atoms with Gasteiger partial charge in [0.25, 0.3) is 11.5 Å². The molecule has 0 radical (unpaired) electrons. The van der Waals surface area contributed by atoms with Gasteiger partial charge in [0.1, 0.15) is 23.0 Å². The molecule has 0 aliphatic heterocycles. The molecule has 1 aliphatic rings. The molecule has 29 heavy (non-hydrogen) atoms. The van der Waals surface area contributed by atoms with Gasteiger partial charge in [-0.05, 0) is 44.4 Å². The minimum absolute atomic E-state index is 0.216. The lowest BCUT2D eigenvalue weighted by Gasteiger charge is -2.19. The third-order valence-electron chi connectivity index (χ3n) is 5.03. The first-order chi connectivity index (χ1) is 13.9. The van der Waals surface area contributed by atoms with Gasteiger partial charge in [0.05, 0.1) is 17.4 Å². The molecular weight excluding hydrogens is 375 g/mol. The van der Waals surface area contributed by atoms with Crippen LogP contribution >= 0.6 is 0 Å². The van der Waals surface area contributed by atoms with Gasteiger partial charge in [-0.2, -0.15) is 0 Å². The van der Waals surface area contributed by atoms with Crippen molar-refractivity contribution in [2.45, 2.75) is 45.1 Å². The number of H-pyrrole nitrogens is 1. The lowest BCUT2D eigenvalue weighted by Crippen LogP contribution is -2.31. The van der Waals surface area contributed by atoms with Crippen LogP contribution in [0.1, 0.15) is 63.7 Å². The molecule has 2 N–H and O–H groups in total. The molecule has 1 fully saturated rings. The Balaban J connectivity index is 1.64. The fraction of sp³-hybridized carbons (Fsp3) is 0.333. The Kier molecular flexibility index (Phi) is 5.00. The highest BCUT2D eigenvalue weighted by molar-refractivity contribution is 5.96. The van der Waals surface area contributed by atoms with E-state index in [0.717, 1.165) is 12.8 Å². The Hall–Kier alpha value is -3.29. The number of nitrogens with zero attached hydrogens (tertiary/aromatic N) is 2. The number of benzene rings is 1. The van der Waals surface area contributed by atoms with Gasteiger partial charge in [-0.1, -0.05) is 17.3 Å². The van der Waals surface area contributed by atoms with E-state index in [2.05, 4.69) is 20.4 Å². The molecular formula is C21H21FN4O3. The van der Waals surface area contributed by atoms with E-state index in [1.54, 1.807) is 26.0 Å². The summed E-state index contributed by atoms with van der Waals surface area (Å²) >= 11 is 0. The number of carbonyl (C=O) groups excluding carboxylic acids is 1. The number of aromatic amines is 1. The number of nitrogens with one attached hydrogen (secondary N) is 2. The van der Waals surface area contributed by atoms with Crippen molar-refractivity contribution in [2.75, 3.05) is 0 Å². The van der Waals surface area contributed by atoms with Crippen molar-refractivity contribution in [3.8, 4) is 0 Å². The molecule has 2 heterocycles. The van der Waals surface area contributed by atoms with E-state index in [9.17, 15) is 14.0 Å². The van der Waals surface area contributed by atoms with Crippen molar-refractivity contribution in [1.82, 2.24) is 20.4 Å². The lowest BCUT2D eigenvalue weighted by molar-refractivity contribution is 0.0934. The van der Waals surface area contributed by atoms with Crippen LogP contribution in [0.5, 0.6) is 0 Å². The van der Waals surface area contributed by atoms with Gasteiger partial charge in [0.2, 0.25) is 0 Å². The zero-order valence-corrected chi connectivity index (χ0v) is 16.2. The number of halogens is 1. The predicted octanol–water partition coefficient (Wildman–Crippen LogP) is 3.11. The molecule has 0 spiro atoms. The summed E-state index contributed by atoms with van der Waals surface area (Å²) in [6.45, 7) is 3.36. The van der Waals surface area contributed by atoms with Crippen LogP contribution in [-0.4, -0.2) is 21.0 Å². The highest BCUT2D eigenvalue weighted by Crippen LogP contribution is 2.37. The number of hydrogen-bond acceptors (Lipinski definition) is 5. The second-order valence-electron chi connectivity index (χ2n) is 7.38. The number of carbonyl (C=O) groups is 1. The van der Waals surface area contributed by atoms with Crippen LogP contribution in [0.2, 0.25) is 0 Å². The average molecular weight is 396 g/mol. The molecule has 8 heteroatoms. The van der Waals surface area contributed by atoms with E-state index < -0.39 is 6.04 Å². The SMILES string of the molecule is Cc1noc(C)c1C(=O)N[C@@H](Cc1cc(=O)[nH]c(C2CC2)n1)c1ccc(F)cc1. The summed E-state index contributed by atoms with van der Waals surface area (Å²) < 4.78 is 18.5. The first kappa shape index (κ1) is 19.0. The summed E-state index contributed by atoms with van der Waals surface area (Å²) in [6, 6.07) is 6.84. The Morgan fingerprint density at radius 2 is 2.03 bits per heavy atom. The Labute approximate surface area is 166 Å². The first-order valence-electron chi connectivity index (χ1n) is 9.50. The van der Waals surface area contributed by atoms with Gasteiger partial charge < -0.3 is 14.8 Å². The maximum absolute atomic E-state index is 13.4. The summed E-state index contributed by atoms with van der Waals surface area (Å²) in [7, 11) is 0. The maximum atomic E-state index is 13.4. The molecule has 0 saturated heterocycles. The summed E-state index contributed by atoms with van der Waals surface area (Å²) in [4.78, 5) is 32.3. The summed E-state index contributed by atoms with van der Waals surface area (Å²) in [5.74, 6) is 0.687. The molecule has 1 aliphatic carbocycles. The van der Waals surface area contributed by atoms with Gasteiger partial charge >= 0.3 is 0 Å². The highest BCUT2D eigenvalue weighted by atomic mass is 19.1. The fourth-order valence-electron chi connectivity index (χ4n) is 3.38. The third-order valence-corrected chi connectivity index (χ3v) is 5.03. The Morgan fingerprint density at radius 3 is 2.66 bits per heavy atom. The van der Waals surface area contributed by atoms with Gasteiger partial charge in [0.15, 0.2) is 0 Å². The van der Waals surface area contributed by atoms with E-state index in [1.807, 2.05) is 0 Å². The number of amides is 1. The summed E-state index contributed by atoms with van der Waals surface area (Å²) in [5.41, 5.74) is 1.93. The topological polar surface area (TPSA) is 101 Å². The van der Waals surface area contributed by atoms with Crippen molar-refractivity contribution in [3.05, 3.63) is 80.6 Å². The molecule has 1 amide bonds. The van der Waals surface area contributed by atoms with Crippen LogP contribution < -0.4 is 10.9 Å². The average Bonchev–Trinajstić information content (AvgIpc) is 3.46. The number of aryl methyl sites for hydroxylation is 2. The zero-order valence-electron chi connectivity index (χ0n) is 16.2. The van der Waals surface area contributed by atoms with Gasteiger partial charge in [-0.3, -0.25) is 9.59 Å². The van der Waals surface area contributed by atoms with Crippen LogP contribution in [0.15, 0.2) is 39.6 Å². The van der Waals surface area contributed by atoms with Crippen molar-refractivity contribution in [2.24, 2.45) is 0 Å². The van der Waals surface area contributed by atoms with Crippen molar-refractivity contribution < 1.29 is 13.7 Å². The van der Waals surface area contributed by atoms with Crippen LogP contribution in [-0.2, 0) is 6.42 Å². The lowest BCUT2D eigenvalue weighted by atomic mass is 10.0. The monoisotopic (exact) mass is 396 g/mol. The molecule has 150 valence electrons. The van der Waals surface area contributed by atoms with Crippen LogP contribution in [0, 0.1) is 19.7 Å². The van der Waals surface area contributed by atoms with Crippen molar-refractivity contribution in [1.29, 1.82) is 0 Å². The highest BCUT2D eigenvalue weighted by Gasteiger charge is 2.27. The molecule has 0 bridgehead atoms. The molecule has 2 aromatic heterocycles. The van der Waals surface area contributed by atoms with E-state index in [4.69, 9.17) is 4.52 Å². The van der Waals surface area contributed by atoms with Crippen molar-refractivity contribution in [3.63, 3.8) is 0 Å². The summed E-state index contributed by atoms with van der Waals surface area (Å²) in [6.07, 6.45) is 2.32. The summed E-state index contributed by atoms with van der Waals surface area (Å²) in [5, 5.41) is 6.77. The number of hydrogen-bond donors (Lipinski definition) is 2. The molecule has 1 atom stereocenters. The minimum Gasteiger partial charge on any atom is -0.361 e. The Bertz CT molecular complexity index is 1080. The number of aromatic nitrogens is 3. The van der Waals surface area contributed by atoms with Gasteiger partial charge in [-0.25, -0.2) is 9.37 Å².